The summed E-state index contributed by atoms with van der Waals surface area (Å²) in [7, 11) is 0. The minimum atomic E-state index is -0.427. The smallest absolute Gasteiger partial charge is 0.263 e. The van der Waals surface area contributed by atoms with Gasteiger partial charge >= 0.3 is 0 Å². The summed E-state index contributed by atoms with van der Waals surface area (Å²) < 4.78 is 14.4. The first-order chi connectivity index (χ1) is 10.6. The van der Waals surface area contributed by atoms with E-state index in [1.165, 1.54) is 0 Å². The number of benzene rings is 1. The molecule has 0 bridgehead atoms. The highest BCUT2D eigenvalue weighted by molar-refractivity contribution is 9.10. The second kappa shape index (κ2) is 6.28. The number of amides is 1. The van der Waals surface area contributed by atoms with E-state index < -0.39 is 11.9 Å². The summed E-state index contributed by atoms with van der Waals surface area (Å²) in [5, 5.41) is 14.0. The number of rotatable bonds is 3. The van der Waals surface area contributed by atoms with Gasteiger partial charge in [0.1, 0.15) is 5.52 Å². The average Bonchev–Trinajstić information content (AvgIpc) is 2.53. The monoisotopic (exact) mass is 367 g/mol. The molecule has 7 heteroatoms. The molecule has 1 amide bonds. The lowest BCUT2D eigenvalue weighted by atomic mass is 10.1. The van der Waals surface area contributed by atoms with Crippen LogP contribution in [0.1, 0.15) is 18.5 Å². The van der Waals surface area contributed by atoms with E-state index in [-0.39, 0.29) is 5.91 Å². The third kappa shape index (κ3) is 2.97. The molecule has 2 N–H and O–H groups in total. The van der Waals surface area contributed by atoms with E-state index in [1.54, 1.807) is 24.3 Å². The minimum absolute atomic E-state index is 0.299. The number of carbonyl (C=O) groups excluding carboxylic acids is 1. The van der Waals surface area contributed by atoms with Gasteiger partial charge in [-0.25, -0.2) is 14.4 Å². The first-order valence-corrected chi connectivity index (χ1v) is 7.83. The quantitative estimate of drug-likeness (QED) is 0.818. The molecule has 116 valence electrons. The highest BCUT2D eigenvalue weighted by atomic mass is 79.9. The fourth-order valence-electron chi connectivity index (χ4n) is 2.54. The number of fused-ring (bicyclic) bond motifs is 1. The molecule has 0 spiro atoms. The third-order valence-corrected chi connectivity index (χ3v) is 4.37. The normalized spacial score (nSPS) is 19.0. The zero-order valence-corrected chi connectivity index (χ0v) is 13.3. The van der Waals surface area contributed by atoms with Crippen molar-refractivity contribution < 1.29 is 14.4 Å². The van der Waals surface area contributed by atoms with Crippen LogP contribution in [0, 0.1) is 5.82 Å². The van der Waals surface area contributed by atoms with Crippen molar-refractivity contribution in [3.8, 4) is 0 Å². The number of nitrogens with zero attached hydrogens (tertiary/aromatic N) is 2. The van der Waals surface area contributed by atoms with Crippen molar-refractivity contribution in [3.63, 3.8) is 0 Å². The van der Waals surface area contributed by atoms with Crippen molar-refractivity contribution in [2.24, 2.45) is 0 Å². The van der Waals surface area contributed by atoms with Crippen molar-refractivity contribution in [3.05, 3.63) is 40.2 Å². The Hall–Kier alpha value is -1.57. The van der Waals surface area contributed by atoms with Crippen LogP contribution in [0.2, 0.25) is 0 Å². The second-order valence-electron chi connectivity index (χ2n) is 5.27. The maximum absolute atomic E-state index is 14.1. The van der Waals surface area contributed by atoms with Gasteiger partial charge in [-0.2, -0.15) is 0 Å². The standard InChI is InChI=1S/C15H15BrFN3O2/c16-11-6-4-9-3-5-10(19-14(9)13(11)17)8-18-12-2-1-7-20(22)15(12)21/h3-6,12,18,22H,1-2,7-8H2. The maximum atomic E-state index is 14.1. The average molecular weight is 368 g/mol. The molecule has 1 aliphatic heterocycles. The topological polar surface area (TPSA) is 65.5 Å². The number of nitrogens with one attached hydrogen (secondary N) is 1. The van der Waals surface area contributed by atoms with Crippen LogP contribution in [0.5, 0.6) is 0 Å². The SMILES string of the molecule is O=C1C(NCc2ccc3ccc(Br)c(F)c3n2)CCCN1O. The molecule has 1 saturated heterocycles. The largest absolute Gasteiger partial charge is 0.300 e. The van der Waals surface area contributed by atoms with Gasteiger partial charge in [0.05, 0.1) is 16.2 Å². The van der Waals surface area contributed by atoms with E-state index in [0.717, 1.165) is 16.9 Å². The van der Waals surface area contributed by atoms with Crippen LogP contribution in [0.25, 0.3) is 10.9 Å². The molecule has 1 aromatic heterocycles. The van der Waals surface area contributed by atoms with E-state index >= 15 is 0 Å². The number of hydroxylamine groups is 2. The van der Waals surface area contributed by atoms with E-state index in [1.807, 2.05) is 0 Å². The summed E-state index contributed by atoms with van der Waals surface area (Å²) in [4.78, 5) is 16.1. The summed E-state index contributed by atoms with van der Waals surface area (Å²) in [6, 6.07) is 6.61. The molecular weight excluding hydrogens is 353 g/mol. The van der Waals surface area contributed by atoms with Crippen LogP contribution < -0.4 is 5.32 Å². The lowest BCUT2D eigenvalue weighted by molar-refractivity contribution is -0.172. The third-order valence-electron chi connectivity index (χ3n) is 3.76. The Labute approximate surface area is 135 Å². The molecule has 2 aromatic rings. The van der Waals surface area contributed by atoms with Crippen LogP contribution >= 0.6 is 15.9 Å². The Morgan fingerprint density at radius 2 is 2.18 bits per heavy atom. The van der Waals surface area contributed by atoms with Gasteiger partial charge in [-0.15, -0.1) is 0 Å². The first kappa shape index (κ1) is 15.3. The number of piperidine rings is 1. The molecule has 0 saturated carbocycles. The Kier molecular flexibility index (Phi) is 4.37. The predicted molar refractivity (Wildman–Crippen MR) is 82.8 cm³/mol. The fourth-order valence-corrected chi connectivity index (χ4v) is 2.86. The van der Waals surface area contributed by atoms with Gasteiger partial charge in [0.2, 0.25) is 0 Å². The molecule has 5 nitrogen and oxygen atoms in total. The lowest BCUT2D eigenvalue weighted by Crippen LogP contribution is -2.49. The molecule has 1 aliphatic rings. The highest BCUT2D eigenvalue weighted by Gasteiger charge is 2.27. The number of pyridine rings is 1. The molecule has 1 fully saturated rings. The molecule has 22 heavy (non-hydrogen) atoms. The molecule has 3 rings (SSSR count). The van der Waals surface area contributed by atoms with Crippen molar-refractivity contribution in [1.82, 2.24) is 15.4 Å². The van der Waals surface area contributed by atoms with E-state index in [0.29, 0.717) is 35.2 Å². The van der Waals surface area contributed by atoms with Gasteiger partial charge in [0.25, 0.3) is 5.91 Å². The molecule has 0 aliphatic carbocycles. The van der Waals surface area contributed by atoms with Crippen LogP contribution in [-0.4, -0.2) is 33.7 Å². The van der Waals surface area contributed by atoms with Crippen LogP contribution in [-0.2, 0) is 11.3 Å². The fraction of sp³-hybridized carbons (Fsp3) is 0.333. The zero-order chi connectivity index (χ0) is 15.7. The Morgan fingerprint density at radius 3 is 3.00 bits per heavy atom. The molecular formula is C15H15BrFN3O2. The number of carbonyl (C=O) groups is 1. The Balaban J connectivity index is 1.77. The summed E-state index contributed by atoms with van der Waals surface area (Å²) in [6.07, 6.45) is 1.41. The van der Waals surface area contributed by atoms with Gasteiger partial charge < -0.3 is 5.32 Å². The molecule has 1 aromatic carbocycles. The molecule has 1 unspecified atom stereocenters. The van der Waals surface area contributed by atoms with Crippen molar-refractivity contribution in [1.29, 1.82) is 0 Å². The van der Waals surface area contributed by atoms with Crippen LogP contribution in [0.4, 0.5) is 4.39 Å². The van der Waals surface area contributed by atoms with E-state index in [4.69, 9.17) is 0 Å². The van der Waals surface area contributed by atoms with E-state index in [9.17, 15) is 14.4 Å². The molecule has 1 atom stereocenters. The predicted octanol–water partition coefficient (Wildman–Crippen LogP) is 2.61. The van der Waals surface area contributed by atoms with Gasteiger partial charge in [-0.3, -0.25) is 10.0 Å². The van der Waals surface area contributed by atoms with Gasteiger partial charge in [0, 0.05) is 18.5 Å². The number of hydrogen-bond acceptors (Lipinski definition) is 4. The number of halogens is 2. The van der Waals surface area contributed by atoms with Gasteiger partial charge in [0.15, 0.2) is 5.82 Å². The number of aromatic nitrogens is 1. The summed E-state index contributed by atoms with van der Waals surface area (Å²) in [6.45, 7) is 0.705. The summed E-state index contributed by atoms with van der Waals surface area (Å²) >= 11 is 3.15. The highest BCUT2D eigenvalue weighted by Crippen LogP contribution is 2.23. The maximum Gasteiger partial charge on any atom is 0.263 e. The summed E-state index contributed by atoms with van der Waals surface area (Å²) in [5.41, 5.74) is 0.944. The van der Waals surface area contributed by atoms with Crippen molar-refractivity contribution in [2.75, 3.05) is 6.54 Å². The van der Waals surface area contributed by atoms with Crippen LogP contribution in [0.15, 0.2) is 28.7 Å². The van der Waals surface area contributed by atoms with Gasteiger partial charge in [-0.1, -0.05) is 12.1 Å². The van der Waals surface area contributed by atoms with Gasteiger partial charge in [-0.05, 0) is 40.9 Å². The zero-order valence-electron chi connectivity index (χ0n) is 11.7. The summed E-state index contributed by atoms with van der Waals surface area (Å²) in [5.74, 6) is -0.726. The van der Waals surface area contributed by atoms with E-state index in [2.05, 4.69) is 26.2 Å². The molecule has 2 heterocycles. The van der Waals surface area contributed by atoms with Crippen LogP contribution in [0.3, 0.4) is 0 Å². The first-order valence-electron chi connectivity index (χ1n) is 7.03. The van der Waals surface area contributed by atoms with Crippen molar-refractivity contribution >= 4 is 32.7 Å². The number of hydrogen-bond donors (Lipinski definition) is 2. The lowest BCUT2D eigenvalue weighted by Gasteiger charge is -2.27. The Morgan fingerprint density at radius 1 is 1.41 bits per heavy atom. The second-order valence-corrected chi connectivity index (χ2v) is 6.13. The molecule has 0 radical (unpaired) electrons. The minimum Gasteiger partial charge on any atom is -0.300 e. The Bertz CT molecular complexity index is 725. The van der Waals surface area contributed by atoms with Crippen molar-refractivity contribution in [2.45, 2.75) is 25.4 Å².